The van der Waals surface area contributed by atoms with Crippen LogP contribution in [-0.4, -0.2) is 67.1 Å². The molecule has 5 nitrogen and oxygen atoms in total. The van der Waals surface area contributed by atoms with Crippen molar-refractivity contribution < 1.29 is 9.53 Å². The number of carbonyl (C=O) groups excluding carboxylic acids is 1. The van der Waals surface area contributed by atoms with Crippen LogP contribution in [0.5, 0.6) is 5.75 Å². The van der Waals surface area contributed by atoms with Crippen LogP contribution in [-0.2, 0) is 4.79 Å². The van der Waals surface area contributed by atoms with Gasteiger partial charge >= 0.3 is 0 Å². The van der Waals surface area contributed by atoms with Crippen molar-refractivity contribution in [2.24, 2.45) is 5.92 Å². The van der Waals surface area contributed by atoms with Crippen LogP contribution >= 0.6 is 11.6 Å². The lowest BCUT2D eigenvalue weighted by atomic mass is 9.89. The average Bonchev–Trinajstić information content (AvgIpc) is 3.02. The first kappa shape index (κ1) is 19.0. The third-order valence-corrected chi connectivity index (χ3v) is 6.50. The Labute approximate surface area is 167 Å². The Morgan fingerprint density at radius 1 is 1.07 bits per heavy atom. The number of hydrogen-bond acceptors (Lipinski definition) is 4. The number of nitrogens with zero attached hydrogens (tertiary/aromatic N) is 2. The molecule has 6 heteroatoms. The molecule has 0 saturated carbocycles. The van der Waals surface area contributed by atoms with E-state index in [-0.39, 0.29) is 0 Å². The number of hydrogen-bond donors (Lipinski definition) is 1. The highest BCUT2D eigenvalue weighted by atomic mass is 35.5. The summed E-state index contributed by atoms with van der Waals surface area (Å²) < 4.78 is 5.78. The molecule has 1 amide bonds. The summed E-state index contributed by atoms with van der Waals surface area (Å²) in [6, 6.07) is 8.81. The molecule has 0 radical (unpaired) electrons. The molecule has 27 heavy (non-hydrogen) atoms. The van der Waals surface area contributed by atoms with Crippen LogP contribution in [0.2, 0.25) is 5.02 Å². The summed E-state index contributed by atoms with van der Waals surface area (Å²) in [5.41, 5.74) is 0. The Kier molecular flexibility index (Phi) is 6.21. The van der Waals surface area contributed by atoms with Crippen LogP contribution in [0.1, 0.15) is 32.1 Å². The second kappa shape index (κ2) is 8.80. The predicted octanol–water partition coefficient (Wildman–Crippen LogP) is 2.78. The molecule has 3 aliphatic rings. The summed E-state index contributed by atoms with van der Waals surface area (Å²) in [5.74, 6) is 1.80. The van der Waals surface area contributed by atoms with Gasteiger partial charge in [-0.15, -0.1) is 0 Å². The second-order valence-electron chi connectivity index (χ2n) is 8.20. The molecule has 2 unspecified atom stereocenters. The number of benzene rings is 1. The van der Waals surface area contributed by atoms with E-state index in [1.54, 1.807) is 0 Å². The third-order valence-electron chi connectivity index (χ3n) is 6.25. The first-order valence-electron chi connectivity index (χ1n) is 10.3. The Morgan fingerprint density at radius 2 is 1.74 bits per heavy atom. The van der Waals surface area contributed by atoms with Crippen LogP contribution in [0, 0.1) is 5.92 Å². The standard InChI is InChI=1S/C21H30ClN3O2/c22-17-1-5-20(6-2-17)27-12-11-24-7-9-25(10-8-24)21(26)15-16-13-18-3-4-19(14-16)23-18/h1-2,5-6,16,18-19,23H,3-4,7-15H2. The number of rotatable bonds is 6. The van der Waals surface area contributed by atoms with Gasteiger partial charge in [0.2, 0.25) is 5.91 Å². The van der Waals surface area contributed by atoms with E-state index < -0.39 is 0 Å². The Bertz CT molecular complexity index is 619. The van der Waals surface area contributed by atoms with Gasteiger partial charge in [-0.3, -0.25) is 9.69 Å². The van der Waals surface area contributed by atoms with Crippen molar-refractivity contribution in [2.75, 3.05) is 39.3 Å². The normalized spacial score (nSPS) is 28.3. The number of halogens is 1. The second-order valence-corrected chi connectivity index (χ2v) is 8.64. The topological polar surface area (TPSA) is 44.8 Å². The van der Waals surface area contributed by atoms with Gasteiger partial charge in [0.1, 0.15) is 12.4 Å². The maximum Gasteiger partial charge on any atom is 0.222 e. The summed E-state index contributed by atoms with van der Waals surface area (Å²) in [6.45, 7) is 5.12. The fraction of sp³-hybridized carbons (Fsp3) is 0.667. The van der Waals surface area contributed by atoms with Gasteiger partial charge < -0.3 is 15.0 Å². The molecule has 1 aromatic rings. The predicted molar refractivity (Wildman–Crippen MR) is 107 cm³/mol. The molecular weight excluding hydrogens is 362 g/mol. The summed E-state index contributed by atoms with van der Waals surface area (Å²) in [7, 11) is 0. The number of carbonyl (C=O) groups is 1. The highest BCUT2D eigenvalue weighted by Gasteiger charge is 2.35. The minimum atomic E-state index is 0.360. The Hall–Kier alpha value is -1.30. The van der Waals surface area contributed by atoms with Crippen molar-refractivity contribution in [3.63, 3.8) is 0 Å². The Balaban J connectivity index is 1.14. The van der Waals surface area contributed by atoms with E-state index in [9.17, 15) is 4.79 Å². The van der Waals surface area contributed by atoms with Crippen LogP contribution in [0.25, 0.3) is 0 Å². The van der Waals surface area contributed by atoms with Crippen LogP contribution < -0.4 is 10.1 Å². The van der Waals surface area contributed by atoms with Gasteiger partial charge in [0, 0.05) is 56.3 Å². The van der Waals surface area contributed by atoms with Crippen LogP contribution in [0.15, 0.2) is 24.3 Å². The molecule has 3 saturated heterocycles. The number of piperidine rings is 1. The lowest BCUT2D eigenvalue weighted by Crippen LogP contribution is -2.50. The first-order valence-corrected chi connectivity index (χ1v) is 10.7. The fourth-order valence-corrected chi connectivity index (χ4v) is 4.89. The van der Waals surface area contributed by atoms with Crippen LogP contribution in [0.3, 0.4) is 0 Å². The van der Waals surface area contributed by atoms with Crippen molar-refractivity contribution in [1.29, 1.82) is 0 Å². The van der Waals surface area contributed by atoms with E-state index in [4.69, 9.17) is 16.3 Å². The molecule has 3 fully saturated rings. The largest absolute Gasteiger partial charge is 0.492 e. The highest BCUT2D eigenvalue weighted by Crippen LogP contribution is 2.33. The Morgan fingerprint density at radius 3 is 2.41 bits per heavy atom. The summed E-state index contributed by atoms with van der Waals surface area (Å²) in [5, 5.41) is 4.39. The maximum absolute atomic E-state index is 12.7. The number of piperazine rings is 1. The molecule has 3 aliphatic heterocycles. The van der Waals surface area contributed by atoms with E-state index >= 15 is 0 Å². The molecule has 4 rings (SSSR count). The zero-order chi connectivity index (χ0) is 18.6. The number of amides is 1. The lowest BCUT2D eigenvalue weighted by molar-refractivity contribution is -0.134. The monoisotopic (exact) mass is 391 g/mol. The van der Waals surface area contributed by atoms with Gasteiger partial charge in [0.25, 0.3) is 0 Å². The third kappa shape index (κ3) is 5.15. The van der Waals surface area contributed by atoms with Crippen LogP contribution in [0.4, 0.5) is 0 Å². The average molecular weight is 392 g/mol. The van der Waals surface area contributed by atoms with Gasteiger partial charge in [0.05, 0.1) is 0 Å². The van der Waals surface area contributed by atoms with E-state index in [1.807, 2.05) is 24.3 Å². The van der Waals surface area contributed by atoms with Gasteiger partial charge in [-0.25, -0.2) is 0 Å². The SMILES string of the molecule is O=C(CC1CC2CCC(C1)N2)N1CCN(CCOc2ccc(Cl)cc2)CC1. The molecule has 2 atom stereocenters. The summed E-state index contributed by atoms with van der Waals surface area (Å²) in [6.07, 6.45) is 5.71. The molecule has 1 aromatic carbocycles. The number of fused-ring (bicyclic) bond motifs is 2. The van der Waals surface area contributed by atoms with Crippen molar-refractivity contribution in [3.05, 3.63) is 29.3 Å². The van der Waals surface area contributed by atoms with Crippen molar-refractivity contribution >= 4 is 17.5 Å². The van der Waals surface area contributed by atoms with Crippen molar-refractivity contribution in [1.82, 2.24) is 15.1 Å². The quantitative estimate of drug-likeness (QED) is 0.809. The van der Waals surface area contributed by atoms with Gasteiger partial charge in [-0.2, -0.15) is 0 Å². The molecule has 0 aliphatic carbocycles. The maximum atomic E-state index is 12.7. The minimum Gasteiger partial charge on any atom is -0.492 e. The van der Waals surface area contributed by atoms with Crippen molar-refractivity contribution in [2.45, 2.75) is 44.2 Å². The zero-order valence-electron chi connectivity index (χ0n) is 15.9. The van der Waals surface area contributed by atoms with E-state index in [2.05, 4.69) is 15.1 Å². The van der Waals surface area contributed by atoms with Gasteiger partial charge in [-0.05, 0) is 55.9 Å². The van der Waals surface area contributed by atoms with E-state index in [0.717, 1.165) is 49.9 Å². The molecule has 0 spiro atoms. The zero-order valence-corrected chi connectivity index (χ0v) is 16.7. The van der Waals surface area contributed by atoms with Crippen molar-refractivity contribution in [3.8, 4) is 5.75 Å². The molecular formula is C21H30ClN3O2. The van der Waals surface area contributed by atoms with Gasteiger partial charge in [-0.1, -0.05) is 11.6 Å². The summed E-state index contributed by atoms with van der Waals surface area (Å²) >= 11 is 5.89. The number of ether oxygens (including phenoxy) is 1. The molecule has 3 heterocycles. The van der Waals surface area contributed by atoms with E-state index in [0.29, 0.717) is 30.5 Å². The minimum absolute atomic E-state index is 0.360. The lowest BCUT2D eigenvalue weighted by Gasteiger charge is -2.36. The highest BCUT2D eigenvalue weighted by molar-refractivity contribution is 6.30. The van der Waals surface area contributed by atoms with Gasteiger partial charge in [0.15, 0.2) is 0 Å². The summed E-state index contributed by atoms with van der Waals surface area (Å²) in [4.78, 5) is 17.1. The molecule has 148 valence electrons. The number of nitrogens with one attached hydrogen (secondary N) is 1. The van der Waals surface area contributed by atoms with E-state index in [1.165, 1.54) is 25.7 Å². The fourth-order valence-electron chi connectivity index (χ4n) is 4.76. The first-order chi connectivity index (χ1) is 13.2. The molecule has 2 bridgehead atoms. The smallest absolute Gasteiger partial charge is 0.222 e. The molecule has 1 N–H and O–H groups in total. The molecule has 0 aromatic heterocycles.